The molecule has 168 valence electrons. The maximum absolute atomic E-state index is 13.0. The monoisotopic (exact) mass is 422 g/mol. The second-order valence-corrected chi connectivity index (χ2v) is 9.06. The van der Waals surface area contributed by atoms with Gasteiger partial charge in [0.25, 0.3) is 0 Å². The lowest BCUT2D eigenvalue weighted by molar-refractivity contribution is 0.0731. The largest absolute Gasteiger partial charge is 0.494 e. The predicted octanol–water partition coefficient (Wildman–Crippen LogP) is 7.79. The Labute approximate surface area is 188 Å². The number of unbranched alkanes of at least 4 members (excludes halogenated alkanes) is 2. The smallest absolute Gasteiger partial charge is 0.343 e. The third-order valence-electron chi connectivity index (χ3n) is 6.58. The summed E-state index contributed by atoms with van der Waals surface area (Å²) >= 11 is 0. The number of carbonyl (C=O) groups excluding carboxylic acids is 1. The molecule has 3 nitrogen and oxygen atoms in total. The summed E-state index contributed by atoms with van der Waals surface area (Å²) in [5.74, 6) is 2.93. The van der Waals surface area contributed by atoms with E-state index in [4.69, 9.17) is 9.47 Å². The molecule has 0 spiro atoms. The highest BCUT2D eigenvalue weighted by Crippen LogP contribution is 2.43. The molecule has 1 aliphatic rings. The Morgan fingerprint density at radius 1 is 0.935 bits per heavy atom. The van der Waals surface area contributed by atoms with E-state index in [0.717, 1.165) is 30.1 Å². The molecule has 0 bridgehead atoms. The number of carbonyl (C=O) groups is 1. The van der Waals surface area contributed by atoms with Crippen molar-refractivity contribution in [3.8, 4) is 11.5 Å². The summed E-state index contributed by atoms with van der Waals surface area (Å²) in [5, 5.41) is 0. The van der Waals surface area contributed by atoms with E-state index in [1.165, 1.54) is 38.5 Å². The van der Waals surface area contributed by atoms with Gasteiger partial charge in [0, 0.05) is 0 Å². The maximum Gasteiger partial charge on any atom is 0.343 e. The predicted molar refractivity (Wildman–Crippen MR) is 127 cm³/mol. The Morgan fingerprint density at radius 2 is 1.68 bits per heavy atom. The van der Waals surface area contributed by atoms with E-state index in [1.54, 1.807) is 12.1 Å². The Balaban J connectivity index is 1.65. The van der Waals surface area contributed by atoms with Crippen LogP contribution < -0.4 is 9.47 Å². The van der Waals surface area contributed by atoms with Crippen molar-refractivity contribution in [2.24, 2.45) is 11.8 Å². The first-order valence-electron chi connectivity index (χ1n) is 12.2. The fourth-order valence-electron chi connectivity index (χ4n) is 4.91. The van der Waals surface area contributed by atoms with E-state index in [1.807, 2.05) is 30.3 Å². The average molecular weight is 423 g/mol. The molecule has 0 N–H and O–H groups in total. The summed E-state index contributed by atoms with van der Waals surface area (Å²) in [7, 11) is 0. The van der Waals surface area contributed by atoms with Gasteiger partial charge in [-0.1, -0.05) is 64.7 Å². The van der Waals surface area contributed by atoms with Gasteiger partial charge in [-0.25, -0.2) is 4.79 Å². The molecule has 31 heavy (non-hydrogen) atoms. The second kappa shape index (κ2) is 11.9. The van der Waals surface area contributed by atoms with Gasteiger partial charge in [-0.2, -0.15) is 0 Å². The van der Waals surface area contributed by atoms with Crippen LogP contribution in [0, 0.1) is 11.8 Å². The Hall–Kier alpha value is -2.29. The van der Waals surface area contributed by atoms with Gasteiger partial charge in [-0.05, 0) is 79.3 Å². The first-order chi connectivity index (χ1) is 15.1. The number of ether oxygens (including phenoxy) is 2. The highest BCUT2D eigenvalue weighted by atomic mass is 16.5. The Bertz CT molecular complexity index is 811. The van der Waals surface area contributed by atoms with Crippen molar-refractivity contribution in [2.45, 2.75) is 78.1 Å². The van der Waals surface area contributed by atoms with Crippen LogP contribution in [-0.2, 0) is 0 Å². The van der Waals surface area contributed by atoms with Gasteiger partial charge in [0.15, 0.2) is 0 Å². The van der Waals surface area contributed by atoms with E-state index < -0.39 is 0 Å². The fraction of sp³-hybridized carbons (Fsp3) is 0.536. The third-order valence-corrected chi connectivity index (χ3v) is 6.58. The number of hydrogen-bond donors (Lipinski definition) is 0. The number of benzene rings is 2. The first kappa shape index (κ1) is 23.4. The Kier molecular flexibility index (Phi) is 8.99. The molecular weight excluding hydrogens is 384 g/mol. The number of rotatable bonds is 10. The molecule has 3 heteroatoms. The van der Waals surface area contributed by atoms with Crippen molar-refractivity contribution in [3.05, 3.63) is 59.7 Å². The van der Waals surface area contributed by atoms with Gasteiger partial charge in [-0.15, -0.1) is 0 Å². The van der Waals surface area contributed by atoms with Crippen molar-refractivity contribution < 1.29 is 14.3 Å². The lowest BCUT2D eigenvalue weighted by atomic mass is 9.70. The molecule has 2 aromatic rings. The van der Waals surface area contributed by atoms with Crippen molar-refractivity contribution in [1.29, 1.82) is 0 Å². The molecule has 0 radical (unpaired) electrons. The van der Waals surface area contributed by atoms with E-state index in [0.29, 0.717) is 29.8 Å². The molecule has 0 saturated heterocycles. The molecule has 1 saturated carbocycles. The quantitative estimate of drug-likeness (QED) is 0.223. The zero-order valence-electron chi connectivity index (χ0n) is 19.4. The minimum Gasteiger partial charge on any atom is -0.494 e. The summed E-state index contributed by atoms with van der Waals surface area (Å²) in [6, 6.07) is 15.3. The number of esters is 1. The minimum atomic E-state index is -0.268. The van der Waals surface area contributed by atoms with Gasteiger partial charge in [0.2, 0.25) is 0 Å². The highest BCUT2D eigenvalue weighted by Gasteiger charge is 2.31. The molecule has 3 unspecified atom stereocenters. The summed E-state index contributed by atoms with van der Waals surface area (Å²) in [4.78, 5) is 13.0. The zero-order valence-corrected chi connectivity index (χ0v) is 19.4. The van der Waals surface area contributed by atoms with Crippen molar-refractivity contribution in [3.63, 3.8) is 0 Å². The fourth-order valence-corrected chi connectivity index (χ4v) is 4.91. The van der Waals surface area contributed by atoms with Crippen LogP contribution in [-0.4, -0.2) is 12.6 Å². The van der Waals surface area contributed by atoms with Crippen LogP contribution in [0.5, 0.6) is 11.5 Å². The Morgan fingerprint density at radius 3 is 2.39 bits per heavy atom. The van der Waals surface area contributed by atoms with E-state index in [2.05, 4.69) is 26.8 Å². The van der Waals surface area contributed by atoms with E-state index in [-0.39, 0.29) is 5.97 Å². The van der Waals surface area contributed by atoms with Gasteiger partial charge >= 0.3 is 5.97 Å². The summed E-state index contributed by atoms with van der Waals surface area (Å²) in [6.45, 7) is 7.39. The average Bonchev–Trinajstić information content (AvgIpc) is 2.79. The third kappa shape index (κ3) is 6.59. The van der Waals surface area contributed by atoms with Crippen LogP contribution in [0.3, 0.4) is 0 Å². The van der Waals surface area contributed by atoms with E-state index in [9.17, 15) is 4.79 Å². The van der Waals surface area contributed by atoms with E-state index >= 15 is 0 Å². The summed E-state index contributed by atoms with van der Waals surface area (Å²) in [5.41, 5.74) is 1.85. The van der Waals surface area contributed by atoms with Crippen molar-refractivity contribution in [1.82, 2.24) is 0 Å². The van der Waals surface area contributed by atoms with Crippen molar-refractivity contribution in [2.75, 3.05) is 6.61 Å². The first-order valence-corrected chi connectivity index (χ1v) is 12.2. The molecule has 3 atom stereocenters. The van der Waals surface area contributed by atoms with Gasteiger partial charge < -0.3 is 9.47 Å². The molecule has 0 heterocycles. The molecule has 0 aliphatic heterocycles. The normalized spacial score (nSPS) is 20.9. The van der Waals surface area contributed by atoms with Crippen LogP contribution in [0.25, 0.3) is 0 Å². The topological polar surface area (TPSA) is 35.5 Å². The standard InChI is InChI=1S/C28H38O3/c1-4-6-7-10-22-13-18-25(21(3)20-22)26-11-8-9-12-27(26)28(29)31-24-16-14-23(15-17-24)30-19-5-2/h8-9,11-12,14-17,21-22,25H,4-7,10,13,18-20H2,1-3H3. The molecule has 2 aromatic carbocycles. The molecule has 0 aromatic heterocycles. The van der Waals surface area contributed by atoms with Gasteiger partial charge in [0.05, 0.1) is 12.2 Å². The van der Waals surface area contributed by atoms with Crippen LogP contribution >= 0.6 is 0 Å². The second-order valence-electron chi connectivity index (χ2n) is 9.06. The summed E-state index contributed by atoms with van der Waals surface area (Å²) < 4.78 is 11.3. The molecule has 0 amide bonds. The summed E-state index contributed by atoms with van der Waals surface area (Å²) in [6.07, 6.45) is 9.98. The number of hydrogen-bond acceptors (Lipinski definition) is 3. The van der Waals surface area contributed by atoms with Crippen LogP contribution in [0.4, 0.5) is 0 Å². The van der Waals surface area contributed by atoms with Gasteiger partial charge in [-0.3, -0.25) is 0 Å². The lowest BCUT2D eigenvalue weighted by Crippen LogP contribution is -2.24. The lowest BCUT2D eigenvalue weighted by Gasteiger charge is -2.35. The molecule has 1 fully saturated rings. The van der Waals surface area contributed by atoms with Crippen LogP contribution in [0.15, 0.2) is 48.5 Å². The molecular formula is C28H38O3. The molecule has 1 aliphatic carbocycles. The van der Waals surface area contributed by atoms with Crippen LogP contribution in [0.1, 0.15) is 94.0 Å². The maximum atomic E-state index is 13.0. The SMILES string of the molecule is CCCCCC1CCC(c2ccccc2C(=O)Oc2ccc(OCCC)cc2)C(C)C1. The van der Waals surface area contributed by atoms with Crippen molar-refractivity contribution >= 4 is 5.97 Å². The van der Waals surface area contributed by atoms with Gasteiger partial charge in [0.1, 0.15) is 11.5 Å². The zero-order chi connectivity index (χ0) is 22.1. The van der Waals surface area contributed by atoms with Crippen LogP contribution in [0.2, 0.25) is 0 Å². The minimum absolute atomic E-state index is 0.268. The molecule has 3 rings (SSSR count). The highest BCUT2D eigenvalue weighted by molar-refractivity contribution is 5.92.